The molecule has 0 radical (unpaired) electrons. The Kier molecular flexibility index (Phi) is 4.24. The van der Waals surface area contributed by atoms with Gasteiger partial charge in [0.05, 0.1) is 18.2 Å². The maximum Gasteiger partial charge on any atom is 0.255 e. The Morgan fingerprint density at radius 2 is 2.09 bits per heavy atom. The number of amides is 1. The van der Waals surface area contributed by atoms with Gasteiger partial charge in [0.25, 0.3) is 5.91 Å². The zero-order valence-electron chi connectivity index (χ0n) is 12.2. The van der Waals surface area contributed by atoms with Gasteiger partial charge < -0.3 is 15.5 Å². The molecule has 1 unspecified atom stereocenters. The number of nitrogens with one attached hydrogen (secondary N) is 1. The van der Waals surface area contributed by atoms with Gasteiger partial charge in [-0.3, -0.25) is 4.79 Å². The Morgan fingerprint density at radius 3 is 2.64 bits per heavy atom. The number of furan rings is 1. The van der Waals surface area contributed by atoms with Crippen molar-refractivity contribution in [3.05, 3.63) is 59.3 Å². The molecule has 1 heterocycles. The molecule has 1 atom stereocenters. The summed E-state index contributed by atoms with van der Waals surface area (Å²) in [5.74, 6) is 0.511. The monoisotopic (exact) mass is 302 g/mol. The van der Waals surface area contributed by atoms with Crippen molar-refractivity contribution in [2.75, 3.05) is 0 Å². The summed E-state index contributed by atoms with van der Waals surface area (Å²) in [4.78, 5) is 12.4. The van der Waals surface area contributed by atoms with Gasteiger partial charge in [-0.2, -0.15) is 0 Å². The van der Waals surface area contributed by atoms with E-state index in [1.165, 1.54) is 24.8 Å². The van der Waals surface area contributed by atoms with Crippen LogP contribution in [0.1, 0.15) is 47.0 Å². The molecule has 1 amide bonds. The van der Waals surface area contributed by atoms with Crippen molar-refractivity contribution in [1.29, 1.82) is 0 Å². The minimum absolute atomic E-state index is 0.0990. The molecule has 3 rings (SSSR count). The number of carbonyl (C=O) groups excluding carboxylic acids is 1. The van der Waals surface area contributed by atoms with Crippen molar-refractivity contribution < 1.29 is 13.6 Å². The Bertz CT molecular complexity index is 647. The summed E-state index contributed by atoms with van der Waals surface area (Å²) in [7, 11) is 0. The molecule has 1 aliphatic carbocycles. The zero-order chi connectivity index (χ0) is 15.5. The molecule has 1 aromatic carbocycles. The maximum atomic E-state index is 13.1. The predicted octanol–water partition coefficient (Wildman–Crippen LogP) is 3.15. The van der Waals surface area contributed by atoms with E-state index in [0.29, 0.717) is 17.2 Å². The highest BCUT2D eigenvalue weighted by Gasteiger charge is 2.30. The highest BCUT2D eigenvalue weighted by Crippen LogP contribution is 2.38. The van der Waals surface area contributed by atoms with Crippen LogP contribution in [0.3, 0.4) is 0 Å². The summed E-state index contributed by atoms with van der Waals surface area (Å²) in [6.07, 6.45) is 4.73. The molecule has 116 valence electrons. The first kappa shape index (κ1) is 14.8. The molecule has 0 bridgehead atoms. The predicted molar refractivity (Wildman–Crippen MR) is 80.5 cm³/mol. The van der Waals surface area contributed by atoms with E-state index in [1.807, 2.05) is 0 Å². The second-order valence-corrected chi connectivity index (χ2v) is 5.70. The summed E-state index contributed by atoms with van der Waals surface area (Å²) in [5, 5.41) is 3.05. The van der Waals surface area contributed by atoms with Crippen LogP contribution >= 0.6 is 0 Å². The van der Waals surface area contributed by atoms with Crippen LogP contribution in [0.4, 0.5) is 4.39 Å². The van der Waals surface area contributed by atoms with Crippen LogP contribution in [0, 0.1) is 11.7 Å². The minimum atomic E-state index is -0.273. The fraction of sp³-hybridized carbons (Fsp3) is 0.353. The van der Waals surface area contributed by atoms with Gasteiger partial charge in [-0.25, -0.2) is 4.39 Å². The van der Waals surface area contributed by atoms with Crippen molar-refractivity contribution in [1.82, 2.24) is 5.32 Å². The maximum absolute atomic E-state index is 13.1. The molecule has 0 spiro atoms. The quantitative estimate of drug-likeness (QED) is 0.891. The lowest BCUT2D eigenvalue weighted by Crippen LogP contribution is -2.36. The summed E-state index contributed by atoms with van der Waals surface area (Å²) >= 11 is 0. The zero-order valence-corrected chi connectivity index (χ0v) is 12.2. The minimum Gasteiger partial charge on any atom is -0.467 e. The van der Waals surface area contributed by atoms with E-state index in [4.69, 9.17) is 10.2 Å². The molecule has 3 N–H and O–H groups in total. The van der Waals surface area contributed by atoms with Crippen molar-refractivity contribution in [2.45, 2.75) is 31.8 Å². The Morgan fingerprint density at radius 1 is 1.36 bits per heavy atom. The fourth-order valence-electron chi connectivity index (χ4n) is 2.75. The second kappa shape index (κ2) is 6.32. The molecule has 1 fully saturated rings. The lowest BCUT2D eigenvalue weighted by molar-refractivity contribution is 0.0900. The van der Waals surface area contributed by atoms with Gasteiger partial charge in [-0.1, -0.05) is 18.6 Å². The summed E-state index contributed by atoms with van der Waals surface area (Å²) in [6, 6.07) is 7.88. The molecular weight excluding hydrogens is 283 g/mol. The average Bonchev–Trinajstić information content (AvgIpc) is 2.94. The highest BCUT2D eigenvalue weighted by atomic mass is 19.1. The van der Waals surface area contributed by atoms with Crippen molar-refractivity contribution in [3.8, 4) is 0 Å². The van der Waals surface area contributed by atoms with Gasteiger partial charge in [-0.15, -0.1) is 0 Å². The van der Waals surface area contributed by atoms with Crippen LogP contribution in [0.5, 0.6) is 0 Å². The van der Waals surface area contributed by atoms with E-state index in [-0.39, 0.29) is 24.3 Å². The van der Waals surface area contributed by atoms with Gasteiger partial charge in [0.15, 0.2) is 0 Å². The fourth-order valence-corrected chi connectivity index (χ4v) is 2.75. The molecular formula is C17H19FN2O2. The molecule has 0 aliphatic heterocycles. The number of carbonyl (C=O) groups is 1. The van der Waals surface area contributed by atoms with E-state index < -0.39 is 0 Å². The van der Waals surface area contributed by atoms with E-state index in [2.05, 4.69) is 5.32 Å². The summed E-state index contributed by atoms with van der Waals surface area (Å²) in [6.45, 7) is 0.261. The van der Waals surface area contributed by atoms with Crippen molar-refractivity contribution in [2.24, 2.45) is 11.7 Å². The largest absolute Gasteiger partial charge is 0.467 e. The lowest BCUT2D eigenvalue weighted by atomic mass is 9.77. The number of benzene rings is 1. The molecule has 5 heteroatoms. The molecule has 22 heavy (non-hydrogen) atoms. The first-order chi connectivity index (χ1) is 10.7. The van der Waals surface area contributed by atoms with E-state index in [0.717, 1.165) is 18.4 Å². The lowest BCUT2D eigenvalue weighted by Gasteiger charge is -2.34. The molecule has 1 saturated carbocycles. The van der Waals surface area contributed by atoms with Crippen LogP contribution in [0.25, 0.3) is 0 Å². The number of nitrogens with two attached hydrogens (primary N) is 1. The second-order valence-electron chi connectivity index (χ2n) is 5.70. The van der Waals surface area contributed by atoms with Crippen LogP contribution in [0.2, 0.25) is 0 Å². The number of halogens is 1. The molecule has 1 aromatic heterocycles. The first-order valence-electron chi connectivity index (χ1n) is 7.51. The van der Waals surface area contributed by atoms with E-state index in [9.17, 15) is 9.18 Å². The topological polar surface area (TPSA) is 68.3 Å². The summed E-state index contributed by atoms with van der Waals surface area (Å²) in [5.41, 5.74) is 6.88. The normalized spacial score (nSPS) is 16.1. The number of rotatable bonds is 5. The van der Waals surface area contributed by atoms with Crippen molar-refractivity contribution >= 4 is 5.91 Å². The third-order valence-corrected chi connectivity index (χ3v) is 4.25. The highest BCUT2D eigenvalue weighted by molar-refractivity contribution is 5.94. The van der Waals surface area contributed by atoms with Gasteiger partial charge in [-0.05, 0) is 42.5 Å². The van der Waals surface area contributed by atoms with Gasteiger partial charge in [0.1, 0.15) is 17.8 Å². The third kappa shape index (κ3) is 3.04. The Balaban J connectivity index is 1.77. The van der Waals surface area contributed by atoms with Crippen LogP contribution in [-0.2, 0) is 6.54 Å². The Hall–Kier alpha value is -2.14. The van der Waals surface area contributed by atoms with Gasteiger partial charge in [0.2, 0.25) is 0 Å². The van der Waals surface area contributed by atoms with Crippen LogP contribution in [-0.4, -0.2) is 5.91 Å². The SMILES string of the molecule is NCc1cc(C(=O)NC(c2ccc(F)cc2)C2CCC2)co1. The number of hydrogen-bond acceptors (Lipinski definition) is 3. The molecule has 1 aliphatic rings. The third-order valence-electron chi connectivity index (χ3n) is 4.25. The van der Waals surface area contributed by atoms with Gasteiger partial charge >= 0.3 is 0 Å². The van der Waals surface area contributed by atoms with E-state index in [1.54, 1.807) is 18.2 Å². The average molecular weight is 302 g/mol. The molecule has 4 nitrogen and oxygen atoms in total. The van der Waals surface area contributed by atoms with Crippen LogP contribution in [0.15, 0.2) is 41.0 Å². The van der Waals surface area contributed by atoms with Crippen molar-refractivity contribution in [3.63, 3.8) is 0 Å². The number of hydrogen-bond donors (Lipinski definition) is 2. The Labute approximate surface area is 128 Å². The summed E-state index contributed by atoms with van der Waals surface area (Å²) < 4.78 is 18.3. The first-order valence-corrected chi connectivity index (χ1v) is 7.51. The van der Waals surface area contributed by atoms with E-state index >= 15 is 0 Å². The molecule has 2 aromatic rings. The molecule has 0 saturated heterocycles. The smallest absolute Gasteiger partial charge is 0.255 e. The standard InChI is InChI=1S/C17H19FN2O2/c18-14-6-4-12(5-7-14)16(11-2-1-3-11)20-17(21)13-8-15(9-19)22-10-13/h4-8,10-11,16H,1-3,9,19H2,(H,20,21). The van der Waals surface area contributed by atoms with Crippen LogP contribution < -0.4 is 11.1 Å². The van der Waals surface area contributed by atoms with Gasteiger partial charge in [0, 0.05) is 0 Å².